The molecule has 0 spiro atoms. The van der Waals surface area contributed by atoms with Crippen LogP contribution in [0.4, 0.5) is 11.4 Å². The summed E-state index contributed by atoms with van der Waals surface area (Å²) in [5.74, 6) is -0.925. The van der Waals surface area contributed by atoms with Crippen molar-refractivity contribution in [1.82, 2.24) is 0 Å². The maximum Gasteiger partial charge on any atom is 0.337 e. The number of benzene rings is 3. The minimum absolute atomic E-state index is 0.284. The first-order valence-electron chi connectivity index (χ1n) is 8.77. The van der Waals surface area contributed by atoms with Gasteiger partial charge in [0.15, 0.2) is 0 Å². The van der Waals surface area contributed by atoms with Crippen LogP contribution in [0.5, 0.6) is 0 Å². The average molecular weight is 345 g/mol. The van der Waals surface area contributed by atoms with Gasteiger partial charge in [-0.15, -0.1) is 0 Å². The third kappa shape index (κ3) is 4.31. The average Bonchev–Trinajstić information content (AvgIpc) is 2.64. The van der Waals surface area contributed by atoms with E-state index in [2.05, 4.69) is 31.3 Å². The van der Waals surface area contributed by atoms with E-state index in [4.69, 9.17) is 0 Å². The van der Waals surface area contributed by atoms with Gasteiger partial charge in [-0.25, -0.2) is 4.79 Å². The monoisotopic (exact) mass is 345 g/mol. The van der Waals surface area contributed by atoms with Crippen molar-refractivity contribution in [1.29, 1.82) is 0 Å². The number of aryl methyl sites for hydroxylation is 4. The highest BCUT2D eigenvalue weighted by molar-refractivity contribution is 5.95. The van der Waals surface area contributed by atoms with Crippen LogP contribution in [0.25, 0.3) is 0 Å². The SMILES string of the molecule is Cc1ccc(Nc2cc(CCc3ccccc3)ccc2C(=O)O)cc1C. The van der Waals surface area contributed by atoms with Crippen molar-refractivity contribution in [2.24, 2.45) is 0 Å². The maximum absolute atomic E-state index is 11.6. The number of aromatic carboxylic acids is 1. The lowest BCUT2D eigenvalue weighted by Crippen LogP contribution is -2.04. The lowest BCUT2D eigenvalue weighted by Gasteiger charge is -2.13. The van der Waals surface area contributed by atoms with Crippen molar-refractivity contribution in [3.8, 4) is 0 Å². The van der Waals surface area contributed by atoms with E-state index in [-0.39, 0.29) is 5.56 Å². The summed E-state index contributed by atoms with van der Waals surface area (Å²) in [6, 6.07) is 21.9. The normalized spacial score (nSPS) is 10.5. The van der Waals surface area contributed by atoms with Crippen LogP contribution in [0.15, 0.2) is 66.7 Å². The van der Waals surface area contributed by atoms with Gasteiger partial charge in [0.1, 0.15) is 0 Å². The van der Waals surface area contributed by atoms with E-state index in [1.165, 1.54) is 16.7 Å². The molecule has 0 amide bonds. The van der Waals surface area contributed by atoms with Gasteiger partial charge in [-0.05, 0) is 73.2 Å². The summed E-state index contributed by atoms with van der Waals surface area (Å²) in [6.45, 7) is 4.11. The lowest BCUT2D eigenvalue weighted by molar-refractivity contribution is 0.0698. The highest BCUT2D eigenvalue weighted by Gasteiger charge is 2.11. The molecular formula is C23H23NO2. The van der Waals surface area contributed by atoms with Crippen LogP contribution in [-0.4, -0.2) is 11.1 Å². The quantitative estimate of drug-likeness (QED) is 0.617. The molecule has 3 aromatic carbocycles. The van der Waals surface area contributed by atoms with Gasteiger partial charge < -0.3 is 10.4 Å². The second-order valence-corrected chi connectivity index (χ2v) is 6.59. The Morgan fingerprint density at radius 3 is 2.27 bits per heavy atom. The van der Waals surface area contributed by atoms with Crippen molar-refractivity contribution >= 4 is 17.3 Å². The van der Waals surface area contributed by atoms with Gasteiger partial charge in [0.25, 0.3) is 0 Å². The van der Waals surface area contributed by atoms with Crippen LogP contribution in [0.3, 0.4) is 0 Å². The molecule has 0 heterocycles. The zero-order valence-corrected chi connectivity index (χ0v) is 15.1. The predicted molar refractivity (Wildman–Crippen MR) is 106 cm³/mol. The fraction of sp³-hybridized carbons (Fsp3) is 0.174. The summed E-state index contributed by atoms with van der Waals surface area (Å²) < 4.78 is 0. The Morgan fingerprint density at radius 2 is 1.58 bits per heavy atom. The molecule has 0 bridgehead atoms. The Kier molecular flexibility index (Phi) is 5.37. The number of anilines is 2. The predicted octanol–water partition coefficient (Wildman–Crippen LogP) is 5.53. The molecule has 0 radical (unpaired) electrons. The van der Waals surface area contributed by atoms with Crippen LogP contribution in [0, 0.1) is 13.8 Å². The second kappa shape index (κ2) is 7.87. The van der Waals surface area contributed by atoms with E-state index < -0.39 is 5.97 Å². The zero-order chi connectivity index (χ0) is 18.5. The summed E-state index contributed by atoms with van der Waals surface area (Å²) in [5, 5.41) is 12.8. The van der Waals surface area contributed by atoms with Crippen LogP contribution < -0.4 is 5.32 Å². The van der Waals surface area contributed by atoms with Crippen molar-refractivity contribution in [2.45, 2.75) is 26.7 Å². The first-order chi connectivity index (χ1) is 12.5. The molecule has 0 saturated carbocycles. The van der Waals surface area contributed by atoms with Crippen molar-refractivity contribution < 1.29 is 9.90 Å². The fourth-order valence-corrected chi connectivity index (χ4v) is 2.94. The minimum atomic E-state index is -0.925. The number of carboxylic acids is 1. The molecule has 0 fully saturated rings. The van der Waals surface area contributed by atoms with Gasteiger partial charge in [0.2, 0.25) is 0 Å². The molecule has 3 nitrogen and oxygen atoms in total. The van der Waals surface area contributed by atoms with Crippen molar-refractivity contribution in [3.05, 3.63) is 94.5 Å². The molecule has 0 aromatic heterocycles. The fourth-order valence-electron chi connectivity index (χ4n) is 2.94. The van der Waals surface area contributed by atoms with Gasteiger partial charge in [0, 0.05) is 5.69 Å². The summed E-state index contributed by atoms with van der Waals surface area (Å²) >= 11 is 0. The smallest absolute Gasteiger partial charge is 0.337 e. The largest absolute Gasteiger partial charge is 0.478 e. The Labute approximate surface area is 154 Å². The van der Waals surface area contributed by atoms with Crippen molar-refractivity contribution in [2.75, 3.05) is 5.32 Å². The number of carboxylic acid groups (broad SMARTS) is 1. The first kappa shape index (κ1) is 17.7. The second-order valence-electron chi connectivity index (χ2n) is 6.59. The zero-order valence-electron chi connectivity index (χ0n) is 15.1. The Hall–Kier alpha value is -3.07. The number of rotatable bonds is 6. The van der Waals surface area contributed by atoms with Gasteiger partial charge >= 0.3 is 5.97 Å². The van der Waals surface area contributed by atoms with Crippen LogP contribution in [0.2, 0.25) is 0 Å². The summed E-state index contributed by atoms with van der Waals surface area (Å²) in [5.41, 5.74) is 6.59. The molecule has 3 rings (SSSR count). The third-order valence-electron chi connectivity index (χ3n) is 4.65. The van der Waals surface area contributed by atoms with E-state index in [9.17, 15) is 9.90 Å². The standard InChI is InChI=1S/C23H23NO2/c1-16-8-12-20(14-17(16)2)24-22-15-19(11-13-21(22)23(25)26)10-9-18-6-4-3-5-7-18/h3-8,11-15,24H,9-10H2,1-2H3,(H,25,26). The number of hydrogen-bond acceptors (Lipinski definition) is 2. The molecule has 0 aliphatic rings. The molecule has 3 aromatic rings. The Morgan fingerprint density at radius 1 is 0.846 bits per heavy atom. The minimum Gasteiger partial charge on any atom is -0.478 e. The van der Waals surface area contributed by atoms with E-state index in [0.717, 1.165) is 24.1 Å². The first-order valence-corrected chi connectivity index (χ1v) is 8.77. The Balaban J connectivity index is 1.84. The van der Waals surface area contributed by atoms with E-state index >= 15 is 0 Å². The van der Waals surface area contributed by atoms with Crippen LogP contribution in [-0.2, 0) is 12.8 Å². The van der Waals surface area contributed by atoms with E-state index in [1.54, 1.807) is 6.07 Å². The van der Waals surface area contributed by atoms with Crippen LogP contribution in [0.1, 0.15) is 32.6 Å². The molecule has 132 valence electrons. The molecule has 2 N–H and O–H groups in total. The molecule has 3 heteroatoms. The number of carbonyl (C=O) groups is 1. The number of nitrogens with one attached hydrogen (secondary N) is 1. The highest BCUT2D eigenvalue weighted by Crippen LogP contribution is 2.25. The molecule has 0 aliphatic carbocycles. The summed E-state index contributed by atoms with van der Waals surface area (Å²) in [6.07, 6.45) is 1.79. The molecule has 0 atom stereocenters. The number of hydrogen-bond donors (Lipinski definition) is 2. The van der Waals surface area contributed by atoms with Gasteiger partial charge in [-0.2, -0.15) is 0 Å². The van der Waals surface area contributed by atoms with E-state index in [0.29, 0.717) is 5.69 Å². The Bertz CT molecular complexity index is 917. The molecule has 0 aliphatic heterocycles. The molecule has 0 unspecified atom stereocenters. The van der Waals surface area contributed by atoms with E-state index in [1.807, 2.05) is 48.5 Å². The highest BCUT2D eigenvalue weighted by atomic mass is 16.4. The van der Waals surface area contributed by atoms with Crippen LogP contribution >= 0.6 is 0 Å². The summed E-state index contributed by atoms with van der Waals surface area (Å²) in [4.78, 5) is 11.6. The topological polar surface area (TPSA) is 49.3 Å². The van der Waals surface area contributed by atoms with Gasteiger partial charge in [-0.1, -0.05) is 42.5 Å². The van der Waals surface area contributed by atoms with Crippen molar-refractivity contribution in [3.63, 3.8) is 0 Å². The van der Waals surface area contributed by atoms with Gasteiger partial charge in [-0.3, -0.25) is 0 Å². The molecular weight excluding hydrogens is 322 g/mol. The lowest BCUT2D eigenvalue weighted by atomic mass is 10.0. The van der Waals surface area contributed by atoms with Gasteiger partial charge in [0.05, 0.1) is 11.3 Å². The third-order valence-corrected chi connectivity index (χ3v) is 4.65. The summed E-state index contributed by atoms with van der Waals surface area (Å²) in [7, 11) is 0. The molecule has 26 heavy (non-hydrogen) atoms. The maximum atomic E-state index is 11.6. The molecule has 0 saturated heterocycles.